The van der Waals surface area contributed by atoms with Crippen LogP contribution in [0, 0.1) is 6.92 Å². The Kier molecular flexibility index (Phi) is 6.21. The quantitative estimate of drug-likeness (QED) is 0.623. The number of hydrogen-bond acceptors (Lipinski definition) is 4. The van der Waals surface area contributed by atoms with E-state index in [9.17, 15) is 9.59 Å². The molecule has 21 heavy (non-hydrogen) atoms. The van der Waals surface area contributed by atoms with E-state index in [2.05, 4.69) is 5.32 Å². The van der Waals surface area contributed by atoms with Crippen molar-refractivity contribution in [1.29, 1.82) is 0 Å². The van der Waals surface area contributed by atoms with Crippen LogP contribution in [0.3, 0.4) is 0 Å². The summed E-state index contributed by atoms with van der Waals surface area (Å²) >= 11 is 0. The Hall–Kier alpha value is -2.04. The van der Waals surface area contributed by atoms with Crippen LogP contribution in [0.5, 0.6) is 0 Å². The van der Waals surface area contributed by atoms with Crippen LogP contribution in [0.25, 0.3) is 0 Å². The third-order valence-corrected chi connectivity index (χ3v) is 3.49. The summed E-state index contributed by atoms with van der Waals surface area (Å²) in [4.78, 5) is 24.1. The average molecular weight is 292 g/mol. The van der Waals surface area contributed by atoms with Crippen molar-refractivity contribution in [3.8, 4) is 0 Å². The number of amides is 1. The molecule has 116 valence electrons. The molecule has 3 N–H and O–H groups in total. The number of nitrogens with one attached hydrogen (secondary N) is 1. The van der Waals surface area contributed by atoms with Crippen molar-refractivity contribution in [1.82, 2.24) is 5.32 Å². The Morgan fingerprint density at radius 3 is 2.43 bits per heavy atom. The first-order valence-corrected chi connectivity index (χ1v) is 7.27. The van der Waals surface area contributed by atoms with Crippen molar-refractivity contribution in [3.63, 3.8) is 0 Å². The minimum absolute atomic E-state index is 0.0992. The van der Waals surface area contributed by atoms with Gasteiger partial charge < -0.3 is 15.8 Å². The lowest BCUT2D eigenvalue weighted by molar-refractivity contribution is -0.129. The predicted octanol–water partition coefficient (Wildman–Crippen LogP) is 2.43. The molecule has 0 aliphatic carbocycles. The zero-order chi connectivity index (χ0) is 16.0. The molecule has 0 aromatic heterocycles. The standard InChI is InChI=1S/C16H24N2O3/c1-5-12(6-2)18-15(19)11(4)21-16(20)14-10(3)8-7-9-13(14)17/h7-9,11-12H,5-6,17H2,1-4H3,(H,18,19). The molecule has 1 aromatic carbocycles. The van der Waals surface area contributed by atoms with Crippen molar-refractivity contribution < 1.29 is 14.3 Å². The highest BCUT2D eigenvalue weighted by molar-refractivity contribution is 5.98. The van der Waals surface area contributed by atoms with Crippen LogP contribution in [0.1, 0.15) is 49.5 Å². The number of hydrogen-bond donors (Lipinski definition) is 2. The number of carbonyl (C=O) groups excluding carboxylic acids is 2. The highest BCUT2D eigenvalue weighted by Gasteiger charge is 2.22. The summed E-state index contributed by atoms with van der Waals surface area (Å²) in [6, 6.07) is 5.28. The molecule has 1 aromatic rings. The summed E-state index contributed by atoms with van der Waals surface area (Å²) in [5.41, 5.74) is 7.20. The lowest BCUT2D eigenvalue weighted by Gasteiger charge is -2.19. The van der Waals surface area contributed by atoms with Crippen molar-refractivity contribution in [2.45, 2.75) is 52.7 Å². The molecule has 0 fully saturated rings. The Morgan fingerprint density at radius 1 is 1.29 bits per heavy atom. The maximum absolute atomic E-state index is 12.1. The van der Waals surface area contributed by atoms with Crippen LogP contribution < -0.4 is 11.1 Å². The van der Waals surface area contributed by atoms with E-state index < -0.39 is 12.1 Å². The van der Waals surface area contributed by atoms with Gasteiger partial charge in [0.1, 0.15) is 0 Å². The van der Waals surface area contributed by atoms with Gasteiger partial charge in [-0.25, -0.2) is 4.79 Å². The number of benzene rings is 1. The Labute approximate surface area is 125 Å². The Bertz CT molecular complexity index is 490. The first-order chi connectivity index (χ1) is 9.90. The van der Waals surface area contributed by atoms with Crippen molar-refractivity contribution >= 4 is 17.6 Å². The molecule has 0 radical (unpaired) electrons. The maximum Gasteiger partial charge on any atom is 0.341 e. The van der Waals surface area contributed by atoms with Crippen LogP contribution in [0.15, 0.2) is 18.2 Å². The highest BCUT2D eigenvalue weighted by Crippen LogP contribution is 2.18. The largest absolute Gasteiger partial charge is 0.449 e. The van der Waals surface area contributed by atoms with Crippen LogP contribution in [-0.4, -0.2) is 24.0 Å². The van der Waals surface area contributed by atoms with E-state index in [1.165, 1.54) is 0 Å². The molecule has 5 nitrogen and oxygen atoms in total. The van der Waals surface area contributed by atoms with E-state index in [0.717, 1.165) is 18.4 Å². The summed E-state index contributed by atoms with van der Waals surface area (Å²) in [5, 5.41) is 2.85. The molecule has 0 bridgehead atoms. The number of rotatable bonds is 6. The number of anilines is 1. The molecule has 1 atom stereocenters. The molecule has 1 rings (SSSR count). The molecule has 0 aliphatic rings. The third-order valence-electron chi connectivity index (χ3n) is 3.49. The number of nitrogens with two attached hydrogens (primary N) is 1. The van der Waals surface area contributed by atoms with Gasteiger partial charge in [-0.05, 0) is 38.3 Å². The van der Waals surface area contributed by atoms with Gasteiger partial charge in [0.2, 0.25) is 0 Å². The SMILES string of the molecule is CCC(CC)NC(=O)C(C)OC(=O)c1c(C)cccc1N. The third kappa shape index (κ3) is 4.48. The van der Waals surface area contributed by atoms with Gasteiger partial charge in [0.05, 0.1) is 5.56 Å². The van der Waals surface area contributed by atoms with Gasteiger partial charge in [-0.2, -0.15) is 0 Å². The number of ether oxygens (including phenoxy) is 1. The fourth-order valence-corrected chi connectivity index (χ4v) is 2.05. The van der Waals surface area contributed by atoms with Crippen LogP contribution >= 0.6 is 0 Å². The van der Waals surface area contributed by atoms with E-state index in [4.69, 9.17) is 10.5 Å². The van der Waals surface area contributed by atoms with Gasteiger partial charge in [-0.1, -0.05) is 26.0 Å². The monoisotopic (exact) mass is 292 g/mol. The van der Waals surface area contributed by atoms with Gasteiger partial charge in [-0.3, -0.25) is 4.79 Å². The van der Waals surface area contributed by atoms with Crippen LogP contribution in [0.2, 0.25) is 0 Å². The molecule has 1 unspecified atom stereocenters. The van der Waals surface area contributed by atoms with Crippen LogP contribution in [-0.2, 0) is 9.53 Å². The van der Waals surface area contributed by atoms with Gasteiger partial charge >= 0.3 is 5.97 Å². The minimum atomic E-state index is -0.850. The normalized spacial score (nSPS) is 12.0. The molecular weight excluding hydrogens is 268 g/mol. The maximum atomic E-state index is 12.1. The summed E-state index contributed by atoms with van der Waals surface area (Å²) in [7, 11) is 0. The lowest BCUT2D eigenvalue weighted by atomic mass is 10.1. The smallest absolute Gasteiger partial charge is 0.341 e. The van der Waals surface area contributed by atoms with Crippen LogP contribution in [0.4, 0.5) is 5.69 Å². The first-order valence-electron chi connectivity index (χ1n) is 7.27. The second-order valence-corrected chi connectivity index (χ2v) is 5.11. The minimum Gasteiger partial charge on any atom is -0.449 e. The summed E-state index contributed by atoms with van der Waals surface area (Å²) < 4.78 is 5.22. The highest BCUT2D eigenvalue weighted by atomic mass is 16.5. The summed E-state index contributed by atoms with van der Waals surface area (Å²) in [6.07, 6.45) is 0.832. The fourth-order valence-electron chi connectivity index (χ4n) is 2.05. The molecule has 5 heteroatoms. The fraction of sp³-hybridized carbons (Fsp3) is 0.500. The van der Waals surface area contributed by atoms with Crippen molar-refractivity contribution in [3.05, 3.63) is 29.3 Å². The lowest BCUT2D eigenvalue weighted by Crippen LogP contribution is -2.41. The van der Waals surface area contributed by atoms with E-state index >= 15 is 0 Å². The molecule has 0 aliphatic heterocycles. The van der Waals surface area contributed by atoms with E-state index in [-0.39, 0.29) is 11.9 Å². The van der Waals surface area contributed by atoms with Gasteiger partial charge in [-0.15, -0.1) is 0 Å². The van der Waals surface area contributed by atoms with E-state index in [1.807, 2.05) is 13.8 Å². The van der Waals surface area contributed by atoms with Crippen molar-refractivity contribution in [2.75, 3.05) is 5.73 Å². The topological polar surface area (TPSA) is 81.4 Å². The zero-order valence-electron chi connectivity index (χ0n) is 13.1. The predicted molar refractivity (Wildman–Crippen MR) is 83.0 cm³/mol. The number of carbonyl (C=O) groups is 2. The van der Waals surface area contributed by atoms with E-state index in [1.54, 1.807) is 32.0 Å². The van der Waals surface area contributed by atoms with Crippen molar-refractivity contribution in [2.24, 2.45) is 0 Å². The summed E-state index contributed by atoms with van der Waals surface area (Å²) in [5.74, 6) is -0.859. The number of nitrogen functional groups attached to an aromatic ring is 1. The molecule has 0 spiro atoms. The molecule has 0 saturated carbocycles. The average Bonchev–Trinajstić information content (AvgIpc) is 2.44. The molecule has 0 heterocycles. The zero-order valence-corrected chi connectivity index (χ0v) is 13.1. The number of esters is 1. The van der Waals surface area contributed by atoms with Gasteiger partial charge in [0.15, 0.2) is 6.10 Å². The second kappa shape index (κ2) is 7.67. The molecular formula is C16H24N2O3. The second-order valence-electron chi connectivity index (χ2n) is 5.11. The number of aryl methyl sites for hydroxylation is 1. The Morgan fingerprint density at radius 2 is 1.90 bits per heavy atom. The Balaban J connectivity index is 2.72. The summed E-state index contributed by atoms with van der Waals surface area (Å²) in [6.45, 7) is 7.34. The molecule has 0 saturated heterocycles. The van der Waals surface area contributed by atoms with E-state index in [0.29, 0.717) is 11.3 Å². The first kappa shape index (κ1) is 17.0. The van der Waals surface area contributed by atoms with Gasteiger partial charge in [0, 0.05) is 11.7 Å². The van der Waals surface area contributed by atoms with Gasteiger partial charge in [0.25, 0.3) is 5.91 Å². The molecule has 1 amide bonds.